The summed E-state index contributed by atoms with van der Waals surface area (Å²) in [6.07, 6.45) is -4.61. The van der Waals surface area contributed by atoms with E-state index >= 15 is 0 Å². The summed E-state index contributed by atoms with van der Waals surface area (Å²) in [5.74, 6) is -0.957. The van der Waals surface area contributed by atoms with Gasteiger partial charge in [0.25, 0.3) is 5.91 Å². The molecule has 0 atom stereocenters. The Bertz CT molecular complexity index is 799. The Balaban J connectivity index is 1.86. The lowest BCUT2D eigenvalue weighted by molar-refractivity contribution is -0.136. The fraction of sp³-hybridized carbons (Fsp3) is 0.353. The molecular formula is C17H17ClF3N3O2. The molecule has 2 aromatic rings. The van der Waals surface area contributed by atoms with Crippen LogP contribution < -0.4 is 10.2 Å². The highest BCUT2D eigenvalue weighted by molar-refractivity contribution is 6.29. The fourth-order valence-electron chi connectivity index (χ4n) is 2.76. The number of benzene rings is 1. The van der Waals surface area contributed by atoms with Crippen molar-refractivity contribution in [2.24, 2.45) is 0 Å². The Labute approximate surface area is 153 Å². The molecule has 26 heavy (non-hydrogen) atoms. The standard InChI is InChI=1S/C17H17ClF3N3O2/c1-23-6-8-24(9-7-23)11-2-3-13(12(10-11)17(19,20)21)22-16(25)14-4-5-15(18)26-14/h2-5,10H,6-9H2,1H3,(H,22,25). The molecule has 1 aliphatic heterocycles. The summed E-state index contributed by atoms with van der Waals surface area (Å²) in [6, 6.07) is 6.54. The maximum atomic E-state index is 13.5. The molecule has 1 aliphatic rings. The van der Waals surface area contributed by atoms with Crippen molar-refractivity contribution in [3.8, 4) is 0 Å². The number of anilines is 2. The van der Waals surface area contributed by atoms with Crippen LogP contribution in [0.3, 0.4) is 0 Å². The molecule has 1 N–H and O–H groups in total. The van der Waals surface area contributed by atoms with Crippen LogP contribution in [0.5, 0.6) is 0 Å². The lowest BCUT2D eigenvalue weighted by Gasteiger charge is -2.34. The number of hydrogen-bond acceptors (Lipinski definition) is 4. The second-order valence-electron chi connectivity index (χ2n) is 6.08. The van der Waals surface area contributed by atoms with Crippen molar-refractivity contribution in [1.29, 1.82) is 0 Å². The minimum absolute atomic E-state index is 0.0170. The molecule has 3 rings (SSSR count). The normalized spacial score (nSPS) is 16.0. The number of nitrogens with zero attached hydrogens (tertiary/aromatic N) is 2. The quantitative estimate of drug-likeness (QED) is 0.866. The first-order valence-electron chi connectivity index (χ1n) is 7.95. The summed E-state index contributed by atoms with van der Waals surface area (Å²) in [5, 5.41) is 2.23. The molecule has 0 saturated carbocycles. The predicted octanol–water partition coefficient (Wildman–Crippen LogP) is 3.96. The molecule has 140 valence electrons. The van der Waals surface area contributed by atoms with Crippen LogP contribution >= 0.6 is 11.6 Å². The van der Waals surface area contributed by atoms with Crippen LogP contribution in [0, 0.1) is 0 Å². The largest absolute Gasteiger partial charge is 0.440 e. The van der Waals surface area contributed by atoms with Gasteiger partial charge in [-0.2, -0.15) is 13.2 Å². The van der Waals surface area contributed by atoms with Gasteiger partial charge in [-0.15, -0.1) is 0 Å². The van der Waals surface area contributed by atoms with Crippen LogP contribution in [0.1, 0.15) is 16.1 Å². The number of carbonyl (C=O) groups excluding carboxylic acids is 1. The minimum atomic E-state index is -4.61. The van der Waals surface area contributed by atoms with E-state index < -0.39 is 17.6 Å². The molecule has 0 radical (unpaired) electrons. The Kier molecular flexibility index (Phi) is 5.15. The van der Waals surface area contributed by atoms with Gasteiger partial charge in [0.15, 0.2) is 11.0 Å². The number of amides is 1. The molecule has 0 unspecified atom stereocenters. The van der Waals surface area contributed by atoms with Gasteiger partial charge in [0.1, 0.15) is 0 Å². The van der Waals surface area contributed by atoms with E-state index in [9.17, 15) is 18.0 Å². The maximum absolute atomic E-state index is 13.5. The molecule has 0 bridgehead atoms. The van der Waals surface area contributed by atoms with Gasteiger partial charge in [0, 0.05) is 31.9 Å². The van der Waals surface area contributed by atoms with Crippen molar-refractivity contribution in [3.63, 3.8) is 0 Å². The number of furan rings is 1. The zero-order valence-corrected chi connectivity index (χ0v) is 14.7. The van der Waals surface area contributed by atoms with Gasteiger partial charge in [-0.1, -0.05) is 0 Å². The third-order valence-corrected chi connectivity index (χ3v) is 4.43. The van der Waals surface area contributed by atoms with E-state index in [1.54, 1.807) is 6.07 Å². The van der Waals surface area contributed by atoms with Crippen LogP contribution in [0.15, 0.2) is 34.7 Å². The van der Waals surface area contributed by atoms with E-state index in [0.29, 0.717) is 18.8 Å². The zero-order chi connectivity index (χ0) is 18.9. The first kappa shape index (κ1) is 18.6. The number of likely N-dealkylation sites (N-methyl/N-ethyl adjacent to an activating group) is 1. The molecule has 5 nitrogen and oxygen atoms in total. The van der Waals surface area contributed by atoms with Gasteiger partial charge in [0.2, 0.25) is 0 Å². The first-order chi connectivity index (χ1) is 12.2. The Morgan fingerprint density at radius 2 is 1.85 bits per heavy atom. The highest BCUT2D eigenvalue weighted by Crippen LogP contribution is 2.37. The Hall–Kier alpha value is -2.19. The summed E-state index contributed by atoms with van der Waals surface area (Å²) >= 11 is 5.59. The molecule has 1 saturated heterocycles. The van der Waals surface area contributed by atoms with E-state index in [-0.39, 0.29) is 16.7 Å². The molecule has 1 aromatic heterocycles. The van der Waals surface area contributed by atoms with Crippen molar-refractivity contribution in [2.45, 2.75) is 6.18 Å². The topological polar surface area (TPSA) is 48.7 Å². The Morgan fingerprint density at radius 1 is 1.15 bits per heavy atom. The van der Waals surface area contributed by atoms with Crippen molar-refractivity contribution < 1.29 is 22.4 Å². The van der Waals surface area contributed by atoms with Gasteiger partial charge in [-0.25, -0.2) is 0 Å². The number of halogens is 4. The summed E-state index contributed by atoms with van der Waals surface area (Å²) in [4.78, 5) is 16.1. The summed E-state index contributed by atoms with van der Waals surface area (Å²) in [7, 11) is 1.97. The van der Waals surface area contributed by atoms with E-state index in [1.165, 1.54) is 18.2 Å². The first-order valence-corrected chi connectivity index (χ1v) is 8.33. The summed E-state index contributed by atoms with van der Waals surface area (Å²) < 4.78 is 45.4. The monoisotopic (exact) mass is 387 g/mol. The summed E-state index contributed by atoms with van der Waals surface area (Å²) in [6.45, 7) is 2.84. The maximum Gasteiger partial charge on any atom is 0.418 e. The third kappa shape index (κ3) is 4.13. The molecule has 9 heteroatoms. The van der Waals surface area contributed by atoms with E-state index in [2.05, 4.69) is 10.2 Å². The summed E-state index contributed by atoms with van der Waals surface area (Å²) in [5.41, 5.74) is -0.753. The van der Waals surface area contributed by atoms with Crippen LogP contribution in [-0.4, -0.2) is 44.0 Å². The van der Waals surface area contributed by atoms with Crippen molar-refractivity contribution in [1.82, 2.24) is 4.90 Å². The van der Waals surface area contributed by atoms with Crippen molar-refractivity contribution in [3.05, 3.63) is 46.9 Å². The molecule has 2 heterocycles. The smallest absolute Gasteiger partial charge is 0.418 e. The van der Waals surface area contributed by atoms with Gasteiger partial charge < -0.3 is 19.5 Å². The molecule has 1 fully saturated rings. The Morgan fingerprint density at radius 3 is 2.42 bits per heavy atom. The van der Waals surface area contributed by atoms with Gasteiger partial charge in [-0.05, 0) is 49.0 Å². The number of hydrogen-bond donors (Lipinski definition) is 1. The number of carbonyl (C=O) groups is 1. The highest BCUT2D eigenvalue weighted by Gasteiger charge is 2.35. The lowest BCUT2D eigenvalue weighted by Crippen LogP contribution is -2.44. The zero-order valence-electron chi connectivity index (χ0n) is 13.9. The molecular weight excluding hydrogens is 371 g/mol. The average molecular weight is 388 g/mol. The predicted molar refractivity (Wildman–Crippen MR) is 92.8 cm³/mol. The molecule has 0 spiro atoms. The number of rotatable bonds is 3. The second-order valence-corrected chi connectivity index (χ2v) is 6.45. The highest BCUT2D eigenvalue weighted by atomic mass is 35.5. The second kappa shape index (κ2) is 7.20. The van der Waals surface area contributed by atoms with Crippen LogP contribution in [0.4, 0.5) is 24.5 Å². The van der Waals surface area contributed by atoms with Crippen molar-refractivity contribution in [2.75, 3.05) is 43.4 Å². The van der Waals surface area contributed by atoms with Gasteiger partial charge >= 0.3 is 6.18 Å². The number of nitrogens with one attached hydrogen (secondary N) is 1. The lowest BCUT2D eigenvalue weighted by atomic mass is 10.1. The van der Waals surface area contributed by atoms with Gasteiger partial charge in [-0.3, -0.25) is 4.79 Å². The minimum Gasteiger partial charge on any atom is -0.440 e. The number of alkyl halides is 3. The molecule has 1 amide bonds. The number of piperazine rings is 1. The van der Waals surface area contributed by atoms with Crippen molar-refractivity contribution >= 4 is 28.9 Å². The average Bonchev–Trinajstić information content (AvgIpc) is 3.02. The SMILES string of the molecule is CN1CCN(c2ccc(NC(=O)c3ccc(Cl)o3)c(C(F)(F)F)c2)CC1. The third-order valence-electron chi connectivity index (χ3n) is 4.22. The van der Waals surface area contributed by atoms with Crippen LogP contribution in [-0.2, 0) is 6.18 Å². The molecule has 0 aliphatic carbocycles. The van der Waals surface area contributed by atoms with Crippen LogP contribution in [0.2, 0.25) is 5.22 Å². The van der Waals surface area contributed by atoms with Crippen LogP contribution in [0.25, 0.3) is 0 Å². The van der Waals surface area contributed by atoms with E-state index in [0.717, 1.165) is 19.2 Å². The van der Waals surface area contributed by atoms with E-state index in [1.807, 2.05) is 11.9 Å². The van der Waals surface area contributed by atoms with E-state index in [4.69, 9.17) is 16.0 Å². The van der Waals surface area contributed by atoms with Gasteiger partial charge in [0.05, 0.1) is 11.3 Å². The molecule has 1 aromatic carbocycles. The fourth-order valence-corrected chi connectivity index (χ4v) is 2.90.